The van der Waals surface area contributed by atoms with Crippen molar-refractivity contribution in [3.05, 3.63) is 0 Å². The summed E-state index contributed by atoms with van der Waals surface area (Å²) in [7, 11) is 0. The van der Waals surface area contributed by atoms with E-state index in [4.69, 9.17) is 5.73 Å². The van der Waals surface area contributed by atoms with Crippen molar-refractivity contribution in [3.63, 3.8) is 0 Å². The lowest BCUT2D eigenvalue weighted by Crippen LogP contribution is -2.57. The Bertz CT molecular complexity index is 345. The molecule has 1 heterocycles. The number of carbonyl (C=O) groups excluding carboxylic acids is 3. The predicted molar refractivity (Wildman–Crippen MR) is 59.7 cm³/mol. The third-order valence-electron chi connectivity index (χ3n) is 3.64. The second-order valence-electron chi connectivity index (χ2n) is 4.82. The molecule has 0 bridgehead atoms. The van der Waals surface area contributed by atoms with Gasteiger partial charge in [-0.2, -0.15) is 0 Å². The van der Waals surface area contributed by atoms with E-state index in [0.717, 1.165) is 25.7 Å². The van der Waals surface area contributed by atoms with Gasteiger partial charge in [0.15, 0.2) is 0 Å². The number of piperazine rings is 1. The fraction of sp³-hybridized carbons (Fsp3) is 0.727. The highest BCUT2D eigenvalue weighted by molar-refractivity contribution is 6.03. The average molecular weight is 239 g/mol. The minimum Gasteiger partial charge on any atom is -0.329 e. The Morgan fingerprint density at radius 3 is 2.24 bits per heavy atom. The molecule has 2 rings (SSSR count). The van der Waals surface area contributed by atoms with Crippen LogP contribution in [-0.4, -0.2) is 42.3 Å². The fourth-order valence-electron chi connectivity index (χ4n) is 2.67. The molecule has 1 saturated heterocycles. The summed E-state index contributed by atoms with van der Waals surface area (Å²) in [6.45, 7) is 0.219. The van der Waals surface area contributed by atoms with Crippen LogP contribution in [0, 0.1) is 5.41 Å². The lowest BCUT2D eigenvalue weighted by Gasteiger charge is -2.34. The highest BCUT2D eigenvalue weighted by Crippen LogP contribution is 2.38. The Morgan fingerprint density at radius 1 is 1.24 bits per heavy atom. The summed E-state index contributed by atoms with van der Waals surface area (Å²) >= 11 is 0. The summed E-state index contributed by atoms with van der Waals surface area (Å²) in [6.07, 6.45) is 3.48. The molecule has 3 N–H and O–H groups in total. The number of nitrogens with two attached hydrogens (primary N) is 1. The third kappa shape index (κ3) is 2.17. The topological polar surface area (TPSA) is 92.5 Å². The first-order chi connectivity index (χ1) is 8.07. The number of hydrogen-bond acceptors (Lipinski definition) is 4. The Kier molecular flexibility index (Phi) is 3.15. The van der Waals surface area contributed by atoms with E-state index in [-0.39, 0.29) is 25.5 Å². The van der Waals surface area contributed by atoms with Gasteiger partial charge in [-0.1, -0.05) is 12.8 Å². The maximum absolute atomic E-state index is 12.4. The molecule has 2 fully saturated rings. The van der Waals surface area contributed by atoms with Gasteiger partial charge in [0.2, 0.25) is 17.7 Å². The standard InChI is InChI=1S/C11H17N3O3/c12-7-11(3-1-2-4-11)10(17)14-5-8(15)13-9(16)6-14/h1-7,12H2,(H,13,15,16). The smallest absolute Gasteiger partial charge is 0.246 e. The first-order valence-electron chi connectivity index (χ1n) is 5.89. The van der Waals surface area contributed by atoms with E-state index < -0.39 is 17.2 Å². The zero-order valence-corrected chi connectivity index (χ0v) is 9.70. The number of nitrogens with one attached hydrogen (secondary N) is 1. The van der Waals surface area contributed by atoms with Crippen molar-refractivity contribution in [1.82, 2.24) is 10.2 Å². The van der Waals surface area contributed by atoms with Crippen LogP contribution in [-0.2, 0) is 14.4 Å². The van der Waals surface area contributed by atoms with Crippen LogP contribution in [0.15, 0.2) is 0 Å². The van der Waals surface area contributed by atoms with Gasteiger partial charge in [0, 0.05) is 6.54 Å². The summed E-state index contributed by atoms with van der Waals surface area (Å²) in [6, 6.07) is 0. The molecular weight excluding hydrogens is 222 g/mol. The summed E-state index contributed by atoms with van der Waals surface area (Å²) in [5, 5.41) is 2.18. The number of nitrogens with zero attached hydrogens (tertiary/aromatic N) is 1. The predicted octanol–water partition coefficient (Wildman–Crippen LogP) is -1.01. The third-order valence-corrected chi connectivity index (χ3v) is 3.64. The van der Waals surface area contributed by atoms with E-state index in [0.29, 0.717) is 0 Å². The van der Waals surface area contributed by atoms with Crippen LogP contribution in [0.3, 0.4) is 0 Å². The molecule has 0 unspecified atom stereocenters. The van der Waals surface area contributed by atoms with Crippen LogP contribution in [0.1, 0.15) is 25.7 Å². The maximum Gasteiger partial charge on any atom is 0.246 e. The second kappa shape index (κ2) is 4.44. The van der Waals surface area contributed by atoms with Crippen molar-refractivity contribution in [2.45, 2.75) is 25.7 Å². The van der Waals surface area contributed by atoms with E-state index in [1.165, 1.54) is 4.90 Å². The SMILES string of the molecule is NCC1(C(=O)N2CC(=O)NC(=O)C2)CCCC1. The van der Waals surface area contributed by atoms with E-state index in [1.807, 2.05) is 0 Å². The lowest BCUT2D eigenvalue weighted by atomic mass is 9.84. The van der Waals surface area contributed by atoms with Crippen molar-refractivity contribution in [2.24, 2.45) is 11.1 Å². The van der Waals surface area contributed by atoms with Gasteiger partial charge >= 0.3 is 0 Å². The van der Waals surface area contributed by atoms with Crippen LogP contribution in [0.25, 0.3) is 0 Å². The number of imide groups is 1. The van der Waals surface area contributed by atoms with Crippen molar-refractivity contribution < 1.29 is 14.4 Å². The summed E-state index contributed by atoms with van der Waals surface area (Å²) < 4.78 is 0. The number of hydrogen-bond donors (Lipinski definition) is 2. The van der Waals surface area contributed by atoms with Gasteiger partial charge in [0.1, 0.15) is 13.1 Å². The Balaban J connectivity index is 2.13. The van der Waals surface area contributed by atoms with Crippen LogP contribution >= 0.6 is 0 Å². The molecule has 0 atom stereocenters. The van der Waals surface area contributed by atoms with Crippen molar-refractivity contribution in [2.75, 3.05) is 19.6 Å². The largest absolute Gasteiger partial charge is 0.329 e. The molecule has 17 heavy (non-hydrogen) atoms. The molecule has 1 aliphatic carbocycles. The molecule has 6 nitrogen and oxygen atoms in total. The van der Waals surface area contributed by atoms with Crippen LogP contribution in [0.5, 0.6) is 0 Å². The van der Waals surface area contributed by atoms with Gasteiger partial charge in [-0.15, -0.1) is 0 Å². The number of rotatable bonds is 2. The molecule has 3 amide bonds. The lowest BCUT2D eigenvalue weighted by molar-refractivity contribution is -0.151. The Morgan fingerprint density at radius 2 is 1.76 bits per heavy atom. The van der Waals surface area contributed by atoms with E-state index in [1.54, 1.807) is 0 Å². The van der Waals surface area contributed by atoms with Gasteiger partial charge < -0.3 is 10.6 Å². The second-order valence-corrected chi connectivity index (χ2v) is 4.82. The van der Waals surface area contributed by atoms with Crippen LogP contribution < -0.4 is 11.1 Å². The number of carbonyl (C=O) groups is 3. The highest BCUT2D eigenvalue weighted by atomic mass is 16.2. The summed E-state index contributed by atoms with van der Waals surface area (Å²) in [4.78, 5) is 36.2. The van der Waals surface area contributed by atoms with Gasteiger partial charge in [-0.25, -0.2) is 0 Å². The van der Waals surface area contributed by atoms with Crippen LogP contribution in [0.2, 0.25) is 0 Å². The summed E-state index contributed by atoms with van der Waals surface area (Å²) in [5.74, 6) is -0.972. The highest BCUT2D eigenvalue weighted by Gasteiger charge is 2.44. The van der Waals surface area contributed by atoms with Crippen molar-refractivity contribution in [1.29, 1.82) is 0 Å². The molecule has 94 valence electrons. The van der Waals surface area contributed by atoms with Crippen molar-refractivity contribution >= 4 is 17.7 Å². The molecular formula is C11H17N3O3. The quantitative estimate of drug-likeness (QED) is 0.604. The monoisotopic (exact) mass is 239 g/mol. The Labute approximate surface area is 99.5 Å². The molecule has 0 aromatic carbocycles. The molecule has 1 aliphatic heterocycles. The normalized spacial score (nSPS) is 23.7. The van der Waals surface area contributed by atoms with E-state index in [2.05, 4.69) is 5.32 Å². The molecule has 0 spiro atoms. The molecule has 0 aromatic rings. The minimum absolute atomic E-state index is 0.0354. The van der Waals surface area contributed by atoms with Gasteiger partial charge in [0.05, 0.1) is 5.41 Å². The number of amides is 3. The average Bonchev–Trinajstić information content (AvgIpc) is 2.76. The zero-order chi connectivity index (χ0) is 12.5. The van der Waals surface area contributed by atoms with Gasteiger partial charge in [0.25, 0.3) is 0 Å². The molecule has 2 aliphatic rings. The van der Waals surface area contributed by atoms with Crippen LogP contribution in [0.4, 0.5) is 0 Å². The molecule has 0 aromatic heterocycles. The molecule has 6 heteroatoms. The van der Waals surface area contributed by atoms with Gasteiger partial charge in [-0.05, 0) is 12.8 Å². The van der Waals surface area contributed by atoms with E-state index >= 15 is 0 Å². The first-order valence-corrected chi connectivity index (χ1v) is 5.89. The first kappa shape index (κ1) is 12.0. The molecule has 0 radical (unpaired) electrons. The van der Waals surface area contributed by atoms with E-state index in [9.17, 15) is 14.4 Å². The maximum atomic E-state index is 12.4. The van der Waals surface area contributed by atoms with Gasteiger partial charge in [-0.3, -0.25) is 19.7 Å². The Hall–Kier alpha value is -1.43. The van der Waals surface area contributed by atoms with Crippen molar-refractivity contribution in [3.8, 4) is 0 Å². The fourth-order valence-corrected chi connectivity index (χ4v) is 2.67. The zero-order valence-electron chi connectivity index (χ0n) is 9.70. The summed E-state index contributed by atoms with van der Waals surface area (Å²) in [5.41, 5.74) is 5.17. The minimum atomic E-state index is -0.544. The molecule has 1 saturated carbocycles.